The second-order valence-corrected chi connectivity index (χ2v) is 50.5. The van der Waals surface area contributed by atoms with Crippen LogP contribution in [0.2, 0.25) is 0 Å². The van der Waals surface area contributed by atoms with Gasteiger partial charge in [0.15, 0.2) is 21.4 Å². The summed E-state index contributed by atoms with van der Waals surface area (Å²) in [6, 6.07) is 177. The molecular formula is C141H100N3O3P3. The third-order valence-corrected chi connectivity index (χ3v) is 43.2. The van der Waals surface area contributed by atoms with Crippen molar-refractivity contribution in [1.29, 1.82) is 0 Å². The first-order valence-corrected chi connectivity index (χ1v) is 57.1. The van der Waals surface area contributed by atoms with Crippen LogP contribution >= 0.6 is 21.4 Å². The van der Waals surface area contributed by atoms with Crippen molar-refractivity contribution in [2.45, 2.75) is 57.8 Å². The first kappa shape index (κ1) is 89.3. The van der Waals surface area contributed by atoms with Crippen molar-refractivity contribution in [3.8, 4) is 128 Å². The number of hydrogen-bond donors (Lipinski definition) is 0. The van der Waals surface area contributed by atoms with E-state index in [9.17, 15) is 0 Å². The fourth-order valence-corrected chi connectivity index (χ4v) is 36.5. The molecule has 6 nitrogen and oxygen atoms in total. The Balaban J connectivity index is 0.000000106. The summed E-state index contributed by atoms with van der Waals surface area (Å²) in [6.45, 7) is 14.0. The van der Waals surface area contributed by atoms with Gasteiger partial charge in [0, 0.05) is 113 Å². The summed E-state index contributed by atoms with van der Waals surface area (Å²) in [6.07, 6.45) is 0. The monoisotopic (exact) mass is 1980 g/mol. The minimum Gasteiger partial charge on any atom is -0.309 e. The van der Waals surface area contributed by atoms with Crippen molar-refractivity contribution in [1.82, 2.24) is 13.7 Å². The summed E-state index contributed by atoms with van der Waals surface area (Å²) in [5, 5.41) is 14.9. The van der Waals surface area contributed by atoms with Crippen molar-refractivity contribution in [2.24, 2.45) is 0 Å². The summed E-state index contributed by atoms with van der Waals surface area (Å²) < 4.78 is 54.1. The van der Waals surface area contributed by atoms with E-state index in [1.807, 2.05) is 109 Å². The normalized spacial score (nSPS) is 16.7. The molecule has 22 aromatic carbocycles. The Kier molecular flexibility index (Phi) is 19.9. The molecule has 0 fully saturated rings. The second kappa shape index (κ2) is 33.5. The molecule has 0 spiro atoms. The topological polar surface area (TPSA) is 66.0 Å². The van der Waals surface area contributed by atoms with E-state index in [0.29, 0.717) is 0 Å². The minimum absolute atomic E-state index is 0.00311. The Bertz CT molecular complexity index is 10200. The average molecular weight is 1980 g/mol. The first-order chi connectivity index (χ1) is 73.4. The predicted molar refractivity (Wildman–Crippen MR) is 632 cm³/mol. The van der Waals surface area contributed by atoms with Gasteiger partial charge in [-0.3, -0.25) is 0 Å². The highest BCUT2D eigenvalue weighted by Crippen LogP contribution is 2.62. The molecule has 31 rings (SSSR count). The second-order valence-electron chi connectivity index (χ2n) is 42.5. The van der Waals surface area contributed by atoms with Gasteiger partial charge in [-0.2, -0.15) is 0 Å². The summed E-state index contributed by atoms with van der Waals surface area (Å²) in [5.74, 6) is 0. The van der Waals surface area contributed by atoms with Crippen LogP contribution in [0.1, 0.15) is 74.9 Å². The standard InChI is InChI=1S/C51H36NOP.2C45H32NOP/c1-51(2)44-31-35(33-13-5-3-6-14-33)23-27-39(44)40-28-24-36(32-45(40)51)34-21-25-37(26-22-34)52-46-19-11-9-18-43(46)49-47(52)30-29-42-41-17-10-12-20-48(41)54(53,50(42)49)38-15-7-4-8-16-38;1-45(2)37-19-9-6-16-35(37)42-32(18-12-20-38(42)45)29-23-25-30(26-24-29)46-39-21-10-7-17-36(39)43-40(46)28-27-34-33-15-8-11-22-41(33)48(47,44(34)43)31-13-4-3-5-14-31;1-45(2)38-17-9-6-14-33(38)37-28-30(22-26-39(37)45)29-20-23-31(24-21-29)46-40-18-10-7-16-36(40)43-41(46)27-25-35-34-15-8-11-19-42(34)48(47,44(35)43)32-12-4-3-5-13-32/h3-32H,1-2H3;2*3-28H,1-2H3. The van der Waals surface area contributed by atoms with E-state index >= 15 is 13.7 Å². The highest BCUT2D eigenvalue weighted by molar-refractivity contribution is 7.88. The Labute approximate surface area is 872 Å². The van der Waals surface area contributed by atoms with Crippen LogP contribution in [0.25, 0.3) is 194 Å². The molecule has 0 N–H and O–H groups in total. The third kappa shape index (κ3) is 12.8. The van der Waals surface area contributed by atoms with E-state index < -0.39 is 21.4 Å². The lowest BCUT2D eigenvalue weighted by Crippen LogP contribution is -2.21. The number of benzene rings is 22. The van der Waals surface area contributed by atoms with Crippen LogP contribution in [-0.2, 0) is 29.9 Å². The molecule has 0 saturated carbocycles. The van der Waals surface area contributed by atoms with E-state index in [1.165, 1.54) is 111 Å². The smallest absolute Gasteiger partial charge is 0.172 e. The number of aromatic nitrogens is 3. The molecule has 3 unspecified atom stereocenters. The molecule has 712 valence electrons. The summed E-state index contributed by atoms with van der Waals surface area (Å²) in [7, 11) is -9.42. The molecule has 0 radical (unpaired) electrons. The van der Waals surface area contributed by atoms with Gasteiger partial charge in [0.2, 0.25) is 0 Å². The molecule has 6 heterocycles. The summed E-state index contributed by atoms with van der Waals surface area (Å²) in [4.78, 5) is 0. The van der Waals surface area contributed by atoms with Crippen molar-refractivity contribution in [3.05, 3.63) is 531 Å². The fourth-order valence-electron chi connectivity index (χ4n) is 26.6. The summed E-state index contributed by atoms with van der Waals surface area (Å²) in [5.41, 5.74) is 42.1. The number of para-hydroxylation sites is 3. The van der Waals surface area contributed by atoms with Crippen molar-refractivity contribution < 1.29 is 13.7 Å². The van der Waals surface area contributed by atoms with E-state index in [1.54, 1.807) is 0 Å². The zero-order chi connectivity index (χ0) is 101. The van der Waals surface area contributed by atoms with Gasteiger partial charge < -0.3 is 27.4 Å². The quantitative estimate of drug-likeness (QED) is 0.128. The van der Waals surface area contributed by atoms with Gasteiger partial charge in [-0.25, -0.2) is 0 Å². The molecule has 150 heavy (non-hydrogen) atoms. The Morgan fingerprint density at radius 2 is 0.447 bits per heavy atom. The molecule has 25 aromatic rings. The lowest BCUT2D eigenvalue weighted by molar-refractivity contribution is 0.592. The molecule has 3 atom stereocenters. The van der Waals surface area contributed by atoms with Crippen LogP contribution in [0.4, 0.5) is 0 Å². The van der Waals surface area contributed by atoms with E-state index in [-0.39, 0.29) is 16.2 Å². The lowest BCUT2D eigenvalue weighted by Gasteiger charge is -2.22. The van der Waals surface area contributed by atoms with Gasteiger partial charge in [-0.05, 0) is 236 Å². The third-order valence-electron chi connectivity index (χ3n) is 33.7. The molecule has 3 aliphatic heterocycles. The minimum atomic E-state index is -3.15. The molecule has 9 heteroatoms. The largest absolute Gasteiger partial charge is 0.309 e. The maximum atomic E-state index is 15.7. The van der Waals surface area contributed by atoms with Gasteiger partial charge in [0.25, 0.3) is 0 Å². The van der Waals surface area contributed by atoms with Crippen LogP contribution in [-0.4, -0.2) is 13.7 Å². The SMILES string of the molecule is CC1(C)c2cc(-c3ccccc3)ccc2-c2ccc(-c3ccc(-n4c5ccccc5c5c6c(ccc54)-c4ccccc4P6(=O)c4ccccc4)cc3)cc21.CC1(C)c2ccccc2-c2c(-c3ccc(-n4c5ccccc5c5c6c(ccc54)-c4ccccc4P6(=O)c4ccccc4)cc3)cccc21.CC1(C)c2ccccc2-c2cc(-c3ccc(-n4c5ccccc5c5c6c(ccc54)-c4ccccc4P6(=O)c4ccccc4)cc3)ccc21. The van der Waals surface area contributed by atoms with Crippen LogP contribution in [0.15, 0.2) is 497 Å². The van der Waals surface area contributed by atoms with Crippen LogP contribution in [0.3, 0.4) is 0 Å². The van der Waals surface area contributed by atoms with Crippen molar-refractivity contribution in [2.75, 3.05) is 0 Å². The van der Waals surface area contributed by atoms with Crippen molar-refractivity contribution >= 4 is 135 Å². The molecule has 3 aromatic heterocycles. The first-order valence-electron chi connectivity index (χ1n) is 52.0. The Hall–Kier alpha value is -17.1. The molecule has 0 amide bonds. The Morgan fingerprint density at radius 1 is 0.173 bits per heavy atom. The maximum Gasteiger partial charge on any atom is 0.172 e. The zero-order valence-corrected chi connectivity index (χ0v) is 86.4. The van der Waals surface area contributed by atoms with E-state index in [2.05, 4.69) is 443 Å². The van der Waals surface area contributed by atoms with Crippen molar-refractivity contribution in [3.63, 3.8) is 0 Å². The highest BCUT2D eigenvalue weighted by atomic mass is 31.2. The molecule has 0 bridgehead atoms. The van der Waals surface area contributed by atoms with Crippen LogP contribution in [0.5, 0.6) is 0 Å². The fraction of sp³-hybridized carbons (Fsp3) is 0.0638. The molecular weight excluding hydrogens is 1880 g/mol. The lowest BCUT2D eigenvalue weighted by atomic mass is 9.81. The van der Waals surface area contributed by atoms with Gasteiger partial charge in [0.1, 0.15) is 0 Å². The predicted octanol–water partition coefficient (Wildman–Crippen LogP) is 32.8. The maximum absolute atomic E-state index is 15.7. The Morgan fingerprint density at radius 3 is 0.860 bits per heavy atom. The molecule has 3 aliphatic carbocycles. The summed E-state index contributed by atoms with van der Waals surface area (Å²) >= 11 is 0. The van der Waals surface area contributed by atoms with E-state index in [0.717, 1.165) is 164 Å². The average Bonchev–Trinajstić information content (AvgIpc) is 1.53. The van der Waals surface area contributed by atoms with Crippen LogP contribution < -0.4 is 47.7 Å². The van der Waals surface area contributed by atoms with Gasteiger partial charge >= 0.3 is 0 Å². The van der Waals surface area contributed by atoms with Gasteiger partial charge in [-0.15, -0.1) is 0 Å². The van der Waals surface area contributed by atoms with E-state index in [4.69, 9.17) is 0 Å². The number of nitrogens with zero attached hydrogens (tertiary/aromatic N) is 3. The number of rotatable bonds is 10. The molecule has 6 aliphatic rings. The van der Waals surface area contributed by atoms with Crippen LogP contribution in [0, 0.1) is 0 Å². The highest BCUT2D eigenvalue weighted by Gasteiger charge is 2.48. The molecule has 0 saturated heterocycles. The zero-order valence-electron chi connectivity index (χ0n) is 83.8. The number of hydrogen-bond acceptors (Lipinski definition) is 3. The van der Waals surface area contributed by atoms with Gasteiger partial charge in [0.05, 0.1) is 33.1 Å². The van der Waals surface area contributed by atoms with Gasteiger partial charge in [-0.1, -0.05) is 448 Å². The number of fused-ring (bicyclic) bond motifs is 30.